The number of aromatic hydroxyl groups is 1. The lowest BCUT2D eigenvalue weighted by Crippen LogP contribution is -2.60. The average molecular weight is 1440 g/mol. The highest BCUT2D eigenvalue weighted by atomic mass is 32.2. The third-order valence-electron chi connectivity index (χ3n) is 15.9. The molecule has 1 fully saturated rings. The third-order valence-corrected chi connectivity index (χ3v) is 16.6. The van der Waals surface area contributed by atoms with E-state index in [4.69, 9.17) is 40.1 Å². The molecule has 36 heteroatoms. The van der Waals surface area contributed by atoms with Crippen LogP contribution in [-0.4, -0.2) is 216 Å². The van der Waals surface area contributed by atoms with E-state index in [2.05, 4.69) is 68.1 Å². The van der Waals surface area contributed by atoms with Crippen molar-refractivity contribution >= 4 is 101 Å². The molecule has 1 aliphatic rings. The first-order valence-corrected chi connectivity index (χ1v) is 34.7. The van der Waals surface area contributed by atoms with Gasteiger partial charge in [-0.1, -0.05) is 86.6 Å². The van der Waals surface area contributed by atoms with E-state index >= 15 is 0 Å². The number of benzene rings is 3. The van der Waals surface area contributed by atoms with Gasteiger partial charge in [-0.15, -0.1) is 0 Å². The van der Waals surface area contributed by atoms with Crippen molar-refractivity contribution in [1.29, 1.82) is 0 Å². The van der Waals surface area contributed by atoms with Crippen molar-refractivity contribution in [3.8, 4) is 5.75 Å². The molecule has 558 valence electrons. The molecule has 0 saturated carbocycles. The number of amides is 11. The summed E-state index contributed by atoms with van der Waals surface area (Å²) in [5.41, 5.74) is 41.3. The van der Waals surface area contributed by atoms with Crippen molar-refractivity contribution < 1.29 is 67.7 Å². The van der Waals surface area contributed by atoms with E-state index in [0.717, 1.165) is 0 Å². The van der Waals surface area contributed by atoms with E-state index < -0.39 is 151 Å². The number of thioether (sulfide) groups is 1. The third kappa shape index (κ3) is 31.2. The standard InChI is InChI=1S/C66H99N21O14S/c1-38(2)54(61(98)79-37-53(91)80-47(20-12-29-76-66(72)73)62(99)87-30-13-21-50(87)60(97)85-49(63(100)101)34-40-16-8-5-9-17-40)86-58(95)45(19-11-28-75-65(70)71)83-56(93)44(18-10-27-74-64(68)69)82-57(94)46(26-31-102-3)84-59(96)48(33-39-14-6-4-7-15-39)81-52(90)36-77-51(89)35-78-55(92)43(67)32-41-22-24-42(88)25-23-41/h4-9,14-17,22-25,38,43-50,54,88H,10-13,18-21,26-37,67H2,1-3H3,(H,77,89)(H,78,92)(H,79,98)(H,80,91)(H,81,90)(H,82,94)(H,83,93)(H,84,96)(H,85,97)(H,86,95)(H,100,101)(H4,68,69,74)(H4,70,71,75)(H4,72,73,76)/t43-,44-,45-,46-,47-,48-,49-,50-,54-/m0/s1. The van der Waals surface area contributed by atoms with Gasteiger partial charge in [0.05, 0.1) is 25.7 Å². The van der Waals surface area contributed by atoms with Crippen LogP contribution < -0.4 is 93.3 Å². The van der Waals surface area contributed by atoms with Crippen molar-refractivity contribution in [3.63, 3.8) is 0 Å². The molecule has 102 heavy (non-hydrogen) atoms. The van der Waals surface area contributed by atoms with Crippen LogP contribution in [-0.2, 0) is 76.8 Å². The highest BCUT2D eigenvalue weighted by Gasteiger charge is 2.40. The molecule has 11 amide bonds. The van der Waals surface area contributed by atoms with Gasteiger partial charge in [0.1, 0.15) is 54.1 Å². The van der Waals surface area contributed by atoms with E-state index in [0.29, 0.717) is 28.9 Å². The molecule has 0 radical (unpaired) electrons. The molecule has 0 unspecified atom stereocenters. The minimum atomic E-state index is -1.44. The van der Waals surface area contributed by atoms with Crippen LogP contribution in [0.5, 0.6) is 5.75 Å². The van der Waals surface area contributed by atoms with Crippen molar-refractivity contribution in [1.82, 2.24) is 58.1 Å². The van der Waals surface area contributed by atoms with Crippen molar-refractivity contribution in [2.24, 2.45) is 61.0 Å². The second kappa shape index (κ2) is 44.4. The van der Waals surface area contributed by atoms with Gasteiger partial charge in [-0.3, -0.25) is 67.7 Å². The fourth-order valence-corrected chi connectivity index (χ4v) is 11.1. The highest BCUT2D eigenvalue weighted by molar-refractivity contribution is 7.98. The monoisotopic (exact) mass is 1440 g/mol. The molecular weight excluding hydrogens is 1340 g/mol. The Morgan fingerprint density at radius 1 is 0.500 bits per heavy atom. The number of likely N-dealkylation sites (tertiary alicyclic amines) is 1. The van der Waals surface area contributed by atoms with Crippen molar-refractivity contribution in [2.75, 3.05) is 57.8 Å². The number of aliphatic carboxylic acids is 1. The van der Waals surface area contributed by atoms with Gasteiger partial charge in [0, 0.05) is 39.0 Å². The molecule has 26 N–H and O–H groups in total. The minimum absolute atomic E-state index is 0.00702. The summed E-state index contributed by atoms with van der Waals surface area (Å²) in [6, 6.07) is 11.7. The molecule has 9 atom stereocenters. The Hall–Kier alpha value is -10.8. The lowest BCUT2D eigenvalue weighted by Gasteiger charge is -2.30. The van der Waals surface area contributed by atoms with Crippen LogP contribution in [0.3, 0.4) is 0 Å². The van der Waals surface area contributed by atoms with E-state index in [-0.39, 0.29) is 120 Å². The number of aliphatic imine (C=N–C) groups is 3. The quantitative estimate of drug-likeness (QED) is 0.0143. The van der Waals surface area contributed by atoms with Gasteiger partial charge in [0.25, 0.3) is 0 Å². The summed E-state index contributed by atoms with van der Waals surface area (Å²) < 4.78 is 0. The van der Waals surface area contributed by atoms with E-state index in [1.807, 2.05) is 0 Å². The highest BCUT2D eigenvalue weighted by Crippen LogP contribution is 2.21. The number of nitrogens with two attached hydrogens (primary N) is 7. The van der Waals surface area contributed by atoms with E-state index in [1.54, 1.807) is 92.9 Å². The zero-order chi connectivity index (χ0) is 75.3. The first-order valence-electron chi connectivity index (χ1n) is 33.3. The lowest BCUT2D eigenvalue weighted by molar-refractivity contribution is -0.145. The van der Waals surface area contributed by atoms with Gasteiger partial charge in [-0.25, -0.2) is 4.79 Å². The van der Waals surface area contributed by atoms with Gasteiger partial charge in [0.15, 0.2) is 17.9 Å². The van der Waals surface area contributed by atoms with Gasteiger partial charge in [-0.05, 0) is 111 Å². The SMILES string of the molecule is CSCC[C@H](NC(=O)[C@H](Cc1ccccc1)NC(=O)CNC(=O)CNC(=O)[C@@H](N)Cc1ccc(O)cc1)C(=O)N[C@@H](CCCN=C(N)N)C(=O)N[C@@H](CCCN=C(N)N)C(=O)N[C@H](C(=O)NCC(=O)N[C@@H](CCCN=C(N)N)C(=O)N1CCC[C@H]1C(=O)N[C@@H](Cc1ccccc1)C(=O)O)C(C)C. The van der Waals surface area contributed by atoms with Gasteiger partial charge < -0.3 is 108 Å². The number of phenolic OH excluding ortho intramolecular Hbond substituents is 1. The number of nitrogens with one attached hydrogen (secondary N) is 10. The summed E-state index contributed by atoms with van der Waals surface area (Å²) >= 11 is 1.34. The number of phenols is 1. The lowest BCUT2D eigenvalue weighted by atomic mass is 10.0. The molecule has 4 rings (SSSR count). The largest absolute Gasteiger partial charge is 0.508 e. The number of hydrogen-bond donors (Lipinski definition) is 19. The maximum atomic E-state index is 14.6. The second-order valence-corrected chi connectivity index (χ2v) is 25.4. The minimum Gasteiger partial charge on any atom is -0.508 e. The van der Waals surface area contributed by atoms with Crippen LogP contribution in [0, 0.1) is 5.92 Å². The number of carbonyl (C=O) groups is 12. The van der Waals surface area contributed by atoms with Crippen LogP contribution in [0.25, 0.3) is 0 Å². The van der Waals surface area contributed by atoms with Crippen molar-refractivity contribution in [2.45, 2.75) is 145 Å². The predicted octanol–water partition coefficient (Wildman–Crippen LogP) is -4.86. The molecule has 1 heterocycles. The summed E-state index contributed by atoms with van der Waals surface area (Å²) in [4.78, 5) is 178. The molecule has 0 bridgehead atoms. The van der Waals surface area contributed by atoms with Crippen LogP contribution in [0.4, 0.5) is 0 Å². The molecule has 1 saturated heterocycles. The molecule has 0 spiro atoms. The molecule has 0 aromatic heterocycles. The van der Waals surface area contributed by atoms with Crippen LogP contribution in [0.1, 0.15) is 88.3 Å². The van der Waals surface area contributed by atoms with Crippen molar-refractivity contribution in [3.05, 3.63) is 102 Å². The molecule has 3 aromatic rings. The number of carbonyl (C=O) groups excluding carboxylic acids is 11. The van der Waals surface area contributed by atoms with Gasteiger partial charge >= 0.3 is 5.97 Å². The number of rotatable bonds is 44. The zero-order valence-electron chi connectivity index (χ0n) is 57.5. The normalized spacial score (nSPS) is 14.7. The maximum Gasteiger partial charge on any atom is 0.326 e. The molecule has 0 aliphatic carbocycles. The Morgan fingerprint density at radius 3 is 1.42 bits per heavy atom. The van der Waals surface area contributed by atoms with Crippen LogP contribution >= 0.6 is 11.8 Å². The molecule has 1 aliphatic heterocycles. The molecular formula is C66H99N21O14S. The number of hydrogen-bond acceptors (Lipinski definition) is 18. The first kappa shape index (κ1) is 83.6. The number of guanidine groups is 3. The maximum absolute atomic E-state index is 14.6. The summed E-state index contributed by atoms with van der Waals surface area (Å²) in [6.07, 6.45) is 2.43. The summed E-state index contributed by atoms with van der Waals surface area (Å²) in [6.45, 7) is 1.47. The zero-order valence-corrected chi connectivity index (χ0v) is 58.3. The molecule has 3 aromatic carbocycles. The predicted molar refractivity (Wildman–Crippen MR) is 383 cm³/mol. The Morgan fingerprint density at radius 2 is 0.931 bits per heavy atom. The first-order chi connectivity index (χ1) is 48.5. The smallest absolute Gasteiger partial charge is 0.326 e. The van der Waals surface area contributed by atoms with Crippen LogP contribution in [0.2, 0.25) is 0 Å². The summed E-state index contributed by atoms with van der Waals surface area (Å²) in [7, 11) is 0. The summed E-state index contributed by atoms with van der Waals surface area (Å²) in [5, 5.41) is 45.4. The van der Waals surface area contributed by atoms with Gasteiger partial charge in [-0.2, -0.15) is 11.8 Å². The Labute approximate surface area is 595 Å². The van der Waals surface area contributed by atoms with E-state index in [1.165, 1.54) is 28.8 Å². The Bertz CT molecular complexity index is 3380. The number of nitrogens with zero attached hydrogens (tertiary/aromatic N) is 4. The summed E-state index contributed by atoms with van der Waals surface area (Å²) in [5.74, 6) is -11.0. The average Bonchev–Trinajstić information content (AvgIpc) is 1.64. The fraction of sp³-hybridized carbons (Fsp3) is 0.500. The topological polar surface area (TPSA) is 588 Å². The molecule has 35 nitrogen and oxygen atoms in total. The van der Waals surface area contributed by atoms with Crippen LogP contribution in [0.15, 0.2) is 99.9 Å². The van der Waals surface area contributed by atoms with E-state index in [9.17, 15) is 67.7 Å². The second-order valence-electron chi connectivity index (χ2n) is 24.4. The number of carboxylic acids is 1. The van der Waals surface area contributed by atoms with Gasteiger partial charge in [0.2, 0.25) is 65.0 Å². The Kier molecular flexibility index (Phi) is 36.4. The fourth-order valence-electron chi connectivity index (χ4n) is 10.6. The number of carboxylic acid groups (broad SMARTS) is 1. The Balaban J connectivity index is 1.50.